The second-order valence-electron chi connectivity index (χ2n) is 4.31. The number of hydrogen-bond acceptors (Lipinski definition) is 3. The fourth-order valence-corrected chi connectivity index (χ4v) is 1.95. The van der Waals surface area contributed by atoms with E-state index in [1.165, 1.54) is 6.07 Å². The van der Waals surface area contributed by atoms with Gasteiger partial charge in [0.05, 0.1) is 5.56 Å². The van der Waals surface area contributed by atoms with Crippen LogP contribution in [0.25, 0.3) is 10.9 Å². The Morgan fingerprint density at radius 1 is 1.26 bits per heavy atom. The molecule has 2 aromatic rings. The van der Waals surface area contributed by atoms with Gasteiger partial charge >= 0.3 is 0 Å². The molecule has 0 saturated carbocycles. The molecule has 0 atom stereocenters. The number of carbonyl (C=O) groups excluding carboxylic acids is 1. The number of aromatic amines is 1. The number of benzene rings is 1. The van der Waals surface area contributed by atoms with Crippen molar-refractivity contribution in [2.75, 3.05) is 20.1 Å². The summed E-state index contributed by atoms with van der Waals surface area (Å²) in [5.74, 6) is -0.210. The van der Waals surface area contributed by atoms with E-state index >= 15 is 0 Å². The highest BCUT2D eigenvalue weighted by Gasteiger charge is 2.10. The molecular formula is C14H17N3O2. The fourth-order valence-electron chi connectivity index (χ4n) is 1.95. The second-order valence-corrected chi connectivity index (χ2v) is 4.31. The molecular weight excluding hydrogens is 242 g/mol. The maximum Gasteiger partial charge on any atom is 0.252 e. The largest absolute Gasteiger partial charge is 0.352 e. The minimum Gasteiger partial charge on any atom is -0.352 e. The monoisotopic (exact) mass is 259 g/mol. The van der Waals surface area contributed by atoms with Crippen LogP contribution in [-0.2, 0) is 0 Å². The van der Waals surface area contributed by atoms with E-state index in [-0.39, 0.29) is 11.5 Å². The lowest BCUT2D eigenvalue weighted by Crippen LogP contribution is -2.27. The molecule has 0 aliphatic carbocycles. The highest BCUT2D eigenvalue weighted by atomic mass is 16.2. The van der Waals surface area contributed by atoms with Crippen LogP contribution in [-0.4, -0.2) is 31.0 Å². The lowest BCUT2D eigenvalue weighted by atomic mass is 10.1. The molecule has 0 aliphatic heterocycles. The van der Waals surface area contributed by atoms with Crippen molar-refractivity contribution in [1.82, 2.24) is 15.6 Å². The van der Waals surface area contributed by atoms with Gasteiger partial charge in [-0.3, -0.25) is 9.59 Å². The molecule has 19 heavy (non-hydrogen) atoms. The number of rotatable bonds is 5. The maximum atomic E-state index is 12.1. The molecule has 3 N–H and O–H groups in total. The van der Waals surface area contributed by atoms with Crippen LogP contribution < -0.4 is 16.2 Å². The predicted octanol–water partition coefficient (Wildman–Crippen LogP) is 0.867. The quantitative estimate of drug-likeness (QED) is 0.697. The van der Waals surface area contributed by atoms with Gasteiger partial charge in [-0.1, -0.05) is 18.2 Å². The van der Waals surface area contributed by atoms with Crippen molar-refractivity contribution < 1.29 is 4.79 Å². The molecule has 2 rings (SSSR count). The van der Waals surface area contributed by atoms with Gasteiger partial charge in [0.1, 0.15) is 0 Å². The molecule has 0 saturated heterocycles. The Morgan fingerprint density at radius 2 is 2.05 bits per heavy atom. The van der Waals surface area contributed by atoms with E-state index in [1.807, 2.05) is 25.2 Å². The third kappa shape index (κ3) is 3.20. The molecule has 1 aromatic carbocycles. The number of H-pyrrole nitrogens is 1. The van der Waals surface area contributed by atoms with Gasteiger partial charge in [0.15, 0.2) is 0 Å². The molecule has 1 amide bonds. The Bertz CT molecular complexity index is 634. The molecule has 0 spiro atoms. The van der Waals surface area contributed by atoms with Crippen molar-refractivity contribution in [3.63, 3.8) is 0 Å². The zero-order valence-corrected chi connectivity index (χ0v) is 10.8. The Balaban J connectivity index is 2.24. The first-order chi connectivity index (χ1) is 9.22. The van der Waals surface area contributed by atoms with Gasteiger partial charge in [-0.25, -0.2) is 0 Å². The Labute approximate surface area is 111 Å². The van der Waals surface area contributed by atoms with E-state index in [0.717, 1.165) is 18.4 Å². The smallest absolute Gasteiger partial charge is 0.252 e. The Hall–Kier alpha value is -2.14. The summed E-state index contributed by atoms with van der Waals surface area (Å²) in [7, 11) is 1.87. The van der Waals surface area contributed by atoms with Crippen LogP contribution >= 0.6 is 0 Å². The summed E-state index contributed by atoms with van der Waals surface area (Å²) in [6, 6.07) is 8.63. The minimum atomic E-state index is -0.265. The van der Waals surface area contributed by atoms with Gasteiger partial charge in [0.2, 0.25) is 5.56 Å². The summed E-state index contributed by atoms with van der Waals surface area (Å²) < 4.78 is 0. The molecule has 0 fully saturated rings. The average Bonchev–Trinajstić information content (AvgIpc) is 2.42. The van der Waals surface area contributed by atoms with Gasteiger partial charge in [0.25, 0.3) is 5.91 Å². The van der Waals surface area contributed by atoms with Crippen LogP contribution in [0.15, 0.2) is 35.1 Å². The van der Waals surface area contributed by atoms with Gasteiger partial charge in [-0.15, -0.1) is 0 Å². The van der Waals surface area contributed by atoms with Crippen molar-refractivity contribution >= 4 is 16.8 Å². The van der Waals surface area contributed by atoms with Crippen molar-refractivity contribution in [3.8, 4) is 0 Å². The third-order valence-electron chi connectivity index (χ3n) is 2.88. The van der Waals surface area contributed by atoms with E-state index in [9.17, 15) is 9.59 Å². The number of hydrogen-bond donors (Lipinski definition) is 3. The van der Waals surface area contributed by atoms with Crippen LogP contribution in [0.2, 0.25) is 0 Å². The first-order valence-corrected chi connectivity index (χ1v) is 6.27. The zero-order valence-electron chi connectivity index (χ0n) is 10.8. The molecule has 0 unspecified atom stereocenters. The number of nitrogens with one attached hydrogen (secondary N) is 3. The third-order valence-corrected chi connectivity index (χ3v) is 2.88. The summed E-state index contributed by atoms with van der Waals surface area (Å²) in [6.45, 7) is 1.43. The summed E-state index contributed by atoms with van der Waals surface area (Å²) in [4.78, 5) is 26.3. The van der Waals surface area contributed by atoms with Crippen molar-refractivity contribution in [3.05, 3.63) is 46.2 Å². The molecule has 0 radical (unpaired) electrons. The number of aromatic nitrogens is 1. The standard InChI is InChI=1S/C14H17N3O2/c1-15-7-4-8-16-14(19)11-9-13(18)17-12-6-3-2-5-10(11)12/h2-3,5-6,9,15H,4,7-8H2,1H3,(H,16,19)(H,17,18). The van der Waals surface area contributed by atoms with Crippen LogP contribution in [0.4, 0.5) is 0 Å². The molecule has 0 aliphatic rings. The average molecular weight is 259 g/mol. The van der Waals surface area contributed by atoms with E-state index < -0.39 is 0 Å². The molecule has 5 nitrogen and oxygen atoms in total. The zero-order chi connectivity index (χ0) is 13.7. The highest BCUT2D eigenvalue weighted by Crippen LogP contribution is 2.14. The van der Waals surface area contributed by atoms with E-state index in [4.69, 9.17) is 0 Å². The second kappa shape index (κ2) is 6.15. The summed E-state index contributed by atoms with van der Waals surface area (Å²) in [5.41, 5.74) is 0.832. The first kappa shape index (κ1) is 13.3. The number of amides is 1. The minimum absolute atomic E-state index is 0.210. The van der Waals surface area contributed by atoms with E-state index in [2.05, 4.69) is 15.6 Å². The van der Waals surface area contributed by atoms with E-state index in [0.29, 0.717) is 17.6 Å². The molecule has 0 bridgehead atoms. The SMILES string of the molecule is CNCCCNC(=O)c1cc(=O)[nH]c2ccccc12. The first-order valence-electron chi connectivity index (χ1n) is 6.27. The normalized spacial score (nSPS) is 10.6. The molecule has 5 heteroatoms. The number of carbonyl (C=O) groups is 1. The number of para-hydroxylation sites is 1. The van der Waals surface area contributed by atoms with Crippen LogP contribution in [0.1, 0.15) is 16.8 Å². The summed E-state index contributed by atoms with van der Waals surface area (Å²) in [5, 5.41) is 6.59. The number of fused-ring (bicyclic) bond motifs is 1. The van der Waals surface area contributed by atoms with E-state index in [1.54, 1.807) is 6.07 Å². The van der Waals surface area contributed by atoms with Gasteiger partial charge in [0, 0.05) is 23.5 Å². The lowest BCUT2D eigenvalue weighted by molar-refractivity contribution is 0.0955. The summed E-state index contributed by atoms with van der Waals surface area (Å²) in [6.07, 6.45) is 0.851. The van der Waals surface area contributed by atoms with Crippen molar-refractivity contribution in [2.24, 2.45) is 0 Å². The van der Waals surface area contributed by atoms with Gasteiger partial charge < -0.3 is 15.6 Å². The van der Waals surface area contributed by atoms with Crippen LogP contribution in [0.5, 0.6) is 0 Å². The Kier molecular flexibility index (Phi) is 4.30. The van der Waals surface area contributed by atoms with Crippen LogP contribution in [0.3, 0.4) is 0 Å². The Morgan fingerprint density at radius 3 is 2.84 bits per heavy atom. The van der Waals surface area contributed by atoms with Gasteiger partial charge in [-0.05, 0) is 26.1 Å². The molecule has 1 aromatic heterocycles. The predicted molar refractivity (Wildman–Crippen MR) is 75.4 cm³/mol. The maximum absolute atomic E-state index is 12.1. The topological polar surface area (TPSA) is 74.0 Å². The highest BCUT2D eigenvalue weighted by molar-refractivity contribution is 6.05. The fraction of sp³-hybridized carbons (Fsp3) is 0.286. The van der Waals surface area contributed by atoms with Gasteiger partial charge in [-0.2, -0.15) is 0 Å². The van der Waals surface area contributed by atoms with Crippen LogP contribution in [0, 0.1) is 0 Å². The lowest BCUT2D eigenvalue weighted by Gasteiger charge is -2.07. The molecule has 100 valence electrons. The molecule has 1 heterocycles. The number of pyridine rings is 1. The van der Waals surface area contributed by atoms with Crippen molar-refractivity contribution in [2.45, 2.75) is 6.42 Å². The van der Waals surface area contributed by atoms with Crippen molar-refractivity contribution in [1.29, 1.82) is 0 Å². The summed E-state index contributed by atoms with van der Waals surface area (Å²) >= 11 is 0.